The first-order chi connectivity index (χ1) is 7.60. The van der Waals surface area contributed by atoms with Gasteiger partial charge in [-0.3, -0.25) is 4.79 Å². The topological polar surface area (TPSA) is 72.1 Å². The number of nitrogens with two attached hydrogens (primary N) is 1. The average Bonchev–Trinajstić information content (AvgIpc) is 2.30. The monoisotopic (exact) mass is 222 g/mol. The SMILES string of the molecule is CCC(CC)N(C)C(=O)c1cnc(N)cn1. The van der Waals surface area contributed by atoms with Gasteiger partial charge in [-0.2, -0.15) is 0 Å². The third kappa shape index (κ3) is 2.68. The molecule has 0 atom stereocenters. The molecular weight excluding hydrogens is 204 g/mol. The van der Waals surface area contributed by atoms with E-state index in [1.165, 1.54) is 12.4 Å². The van der Waals surface area contributed by atoms with Gasteiger partial charge in [0.1, 0.15) is 11.5 Å². The Morgan fingerprint density at radius 2 is 2.00 bits per heavy atom. The number of carbonyl (C=O) groups excluding carboxylic acids is 1. The van der Waals surface area contributed by atoms with Crippen molar-refractivity contribution in [2.45, 2.75) is 32.7 Å². The molecule has 0 aliphatic rings. The van der Waals surface area contributed by atoms with Crippen LogP contribution in [0.15, 0.2) is 12.4 Å². The van der Waals surface area contributed by atoms with Gasteiger partial charge >= 0.3 is 0 Å². The predicted octanol–water partition coefficient (Wildman–Crippen LogP) is 1.32. The molecule has 0 bridgehead atoms. The highest BCUT2D eigenvalue weighted by Gasteiger charge is 2.19. The fraction of sp³-hybridized carbons (Fsp3) is 0.545. The third-order valence-electron chi connectivity index (χ3n) is 2.70. The Morgan fingerprint density at radius 3 is 2.44 bits per heavy atom. The van der Waals surface area contributed by atoms with Crippen LogP contribution in [0.25, 0.3) is 0 Å². The minimum absolute atomic E-state index is 0.110. The van der Waals surface area contributed by atoms with E-state index in [1.54, 1.807) is 11.9 Å². The molecule has 1 aromatic rings. The first-order valence-electron chi connectivity index (χ1n) is 5.44. The van der Waals surface area contributed by atoms with Crippen LogP contribution in [0, 0.1) is 0 Å². The van der Waals surface area contributed by atoms with Crippen molar-refractivity contribution < 1.29 is 4.79 Å². The van der Waals surface area contributed by atoms with Gasteiger partial charge in [0.2, 0.25) is 0 Å². The number of rotatable bonds is 4. The van der Waals surface area contributed by atoms with Gasteiger partial charge < -0.3 is 10.6 Å². The molecule has 0 radical (unpaired) electrons. The van der Waals surface area contributed by atoms with Crippen LogP contribution in [0.2, 0.25) is 0 Å². The number of hydrogen-bond acceptors (Lipinski definition) is 4. The second-order valence-electron chi connectivity index (χ2n) is 3.71. The van der Waals surface area contributed by atoms with E-state index in [2.05, 4.69) is 23.8 Å². The number of carbonyl (C=O) groups is 1. The summed E-state index contributed by atoms with van der Waals surface area (Å²) in [4.78, 5) is 21.5. The zero-order valence-corrected chi connectivity index (χ0v) is 9.97. The summed E-state index contributed by atoms with van der Waals surface area (Å²) in [7, 11) is 1.79. The second kappa shape index (κ2) is 5.44. The zero-order valence-electron chi connectivity index (χ0n) is 9.97. The van der Waals surface area contributed by atoms with E-state index >= 15 is 0 Å². The lowest BCUT2D eigenvalue weighted by atomic mass is 10.1. The van der Waals surface area contributed by atoms with Crippen molar-refractivity contribution in [1.29, 1.82) is 0 Å². The minimum atomic E-state index is -0.110. The molecule has 0 aliphatic carbocycles. The van der Waals surface area contributed by atoms with Crippen molar-refractivity contribution in [3.05, 3.63) is 18.1 Å². The smallest absolute Gasteiger partial charge is 0.274 e. The van der Waals surface area contributed by atoms with Gasteiger partial charge in [-0.25, -0.2) is 9.97 Å². The Labute approximate surface area is 95.7 Å². The van der Waals surface area contributed by atoms with E-state index in [9.17, 15) is 4.79 Å². The third-order valence-corrected chi connectivity index (χ3v) is 2.70. The van der Waals surface area contributed by atoms with Crippen molar-refractivity contribution >= 4 is 11.7 Å². The van der Waals surface area contributed by atoms with Crippen molar-refractivity contribution in [3.8, 4) is 0 Å². The molecule has 1 heterocycles. The lowest BCUT2D eigenvalue weighted by Crippen LogP contribution is -2.36. The first-order valence-corrected chi connectivity index (χ1v) is 5.44. The molecule has 1 amide bonds. The lowest BCUT2D eigenvalue weighted by Gasteiger charge is -2.25. The highest BCUT2D eigenvalue weighted by Crippen LogP contribution is 2.09. The zero-order chi connectivity index (χ0) is 12.1. The molecule has 2 N–H and O–H groups in total. The largest absolute Gasteiger partial charge is 0.382 e. The molecule has 5 nitrogen and oxygen atoms in total. The summed E-state index contributed by atoms with van der Waals surface area (Å²) in [5.41, 5.74) is 5.75. The van der Waals surface area contributed by atoms with Crippen LogP contribution in [0.3, 0.4) is 0 Å². The standard InChI is InChI=1S/C11H18N4O/c1-4-8(5-2)15(3)11(16)9-6-14-10(12)7-13-9/h6-8H,4-5H2,1-3H3,(H2,12,14). The van der Waals surface area contributed by atoms with E-state index in [0.29, 0.717) is 11.5 Å². The highest BCUT2D eigenvalue weighted by atomic mass is 16.2. The lowest BCUT2D eigenvalue weighted by molar-refractivity contribution is 0.0717. The normalized spacial score (nSPS) is 10.5. The van der Waals surface area contributed by atoms with Crippen LogP contribution in [-0.2, 0) is 0 Å². The van der Waals surface area contributed by atoms with E-state index in [-0.39, 0.29) is 11.9 Å². The average molecular weight is 222 g/mol. The maximum atomic E-state index is 12.0. The molecule has 16 heavy (non-hydrogen) atoms. The molecule has 0 fully saturated rings. The number of anilines is 1. The summed E-state index contributed by atoms with van der Waals surface area (Å²) >= 11 is 0. The molecule has 1 aromatic heterocycles. The number of nitrogen functional groups attached to an aromatic ring is 1. The van der Waals surface area contributed by atoms with Crippen LogP contribution in [-0.4, -0.2) is 33.9 Å². The Balaban J connectivity index is 2.81. The molecule has 0 aromatic carbocycles. The van der Waals surface area contributed by atoms with Crippen molar-refractivity contribution in [3.63, 3.8) is 0 Å². The van der Waals surface area contributed by atoms with E-state index in [1.807, 2.05) is 0 Å². The van der Waals surface area contributed by atoms with Gasteiger partial charge in [-0.15, -0.1) is 0 Å². The summed E-state index contributed by atoms with van der Waals surface area (Å²) in [5, 5.41) is 0. The van der Waals surface area contributed by atoms with Gasteiger partial charge in [0.15, 0.2) is 0 Å². The molecular formula is C11H18N4O. The molecule has 5 heteroatoms. The number of aromatic nitrogens is 2. The van der Waals surface area contributed by atoms with Gasteiger partial charge in [0, 0.05) is 13.1 Å². The Kier molecular flexibility index (Phi) is 4.22. The second-order valence-corrected chi connectivity index (χ2v) is 3.71. The fourth-order valence-electron chi connectivity index (χ4n) is 1.63. The quantitative estimate of drug-likeness (QED) is 0.834. The molecule has 0 saturated carbocycles. The van der Waals surface area contributed by atoms with Crippen molar-refractivity contribution in [2.75, 3.05) is 12.8 Å². The fourth-order valence-corrected chi connectivity index (χ4v) is 1.63. The van der Waals surface area contributed by atoms with Crippen molar-refractivity contribution in [2.24, 2.45) is 0 Å². The van der Waals surface area contributed by atoms with E-state index < -0.39 is 0 Å². The molecule has 0 aliphatic heterocycles. The summed E-state index contributed by atoms with van der Waals surface area (Å²) in [5.74, 6) is 0.211. The summed E-state index contributed by atoms with van der Waals surface area (Å²) < 4.78 is 0. The van der Waals surface area contributed by atoms with Gasteiger partial charge in [0.05, 0.1) is 12.4 Å². The maximum Gasteiger partial charge on any atom is 0.274 e. The van der Waals surface area contributed by atoms with Crippen LogP contribution in [0.4, 0.5) is 5.82 Å². The maximum absolute atomic E-state index is 12.0. The predicted molar refractivity (Wildman–Crippen MR) is 62.9 cm³/mol. The van der Waals surface area contributed by atoms with Gasteiger partial charge in [-0.05, 0) is 12.8 Å². The highest BCUT2D eigenvalue weighted by molar-refractivity contribution is 5.92. The Morgan fingerprint density at radius 1 is 1.38 bits per heavy atom. The van der Waals surface area contributed by atoms with Crippen LogP contribution in [0.5, 0.6) is 0 Å². The van der Waals surface area contributed by atoms with Crippen molar-refractivity contribution in [1.82, 2.24) is 14.9 Å². The van der Waals surface area contributed by atoms with E-state index in [0.717, 1.165) is 12.8 Å². The first kappa shape index (κ1) is 12.4. The Bertz CT molecular complexity index is 346. The van der Waals surface area contributed by atoms with Crippen LogP contribution in [0.1, 0.15) is 37.2 Å². The molecule has 0 unspecified atom stereocenters. The molecule has 1 rings (SSSR count). The minimum Gasteiger partial charge on any atom is -0.382 e. The number of nitrogens with zero attached hydrogens (tertiary/aromatic N) is 3. The summed E-state index contributed by atoms with van der Waals surface area (Å²) in [6, 6.07) is 0.242. The summed E-state index contributed by atoms with van der Waals surface area (Å²) in [6.45, 7) is 4.12. The summed E-state index contributed by atoms with van der Waals surface area (Å²) in [6.07, 6.45) is 4.67. The Hall–Kier alpha value is -1.65. The molecule has 0 saturated heterocycles. The van der Waals surface area contributed by atoms with Crippen LogP contribution < -0.4 is 5.73 Å². The van der Waals surface area contributed by atoms with Gasteiger partial charge in [0.25, 0.3) is 5.91 Å². The number of amides is 1. The molecule has 88 valence electrons. The number of hydrogen-bond donors (Lipinski definition) is 1. The van der Waals surface area contributed by atoms with Gasteiger partial charge in [-0.1, -0.05) is 13.8 Å². The van der Waals surface area contributed by atoms with E-state index in [4.69, 9.17) is 5.73 Å². The van der Waals surface area contributed by atoms with Crippen LogP contribution >= 0.6 is 0 Å². The molecule has 0 spiro atoms.